The number of halogens is 1. The molecule has 2 aliphatic rings. The second-order valence-electron chi connectivity index (χ2n) is 10.6. The van der Waals surface area contributed by atoms with E-state index in [9.17, 15) is 4.39 Å². The summed E-state index contributed by atoms with van der Waals surface area (Å²) in [5.74, 6) is 0.0838. The maximum atomic E-state index is 13.8. The molecule has 0 amide bonds. The molecular weight excluding hydrogens is 467 g/mol. The Hall–Kier alpha value is -3.91. The summed E-state index contributed by atoms with van der Waals surface area (Å²) in [6, 6.07) is 15.6. The van der Waals surface area contributed by atoms with Crippen molar-refractivity contribution in [1.29, 1.82) is 0 Å². The molecule has 0 spiro atoms. The molecule has 7 nitrogen and oxygen atoms in total. The van der Waals surface area contributed by atoms with Crippen molar-refractivity contribution in [2.24, 2.45) is 0 Å². The molecule has 0 saturated heterocycles. The molecule has 0 atom stereocenters. The summed E-state index contributed by atoms with van der Waals surface area (Å²) in [6.07, 6.45) is 5.42. The van der Waals surface area contributed by atoms with Crippen molar-refractivity contribution in [3.8, 4) is 22.5 Å². The molecule has 0 radical (unpaired) electrons. The first-order valence-corrected chi connectivity index (χ1v) is 12.7. The maximum absolute atomic E-state index is 13.8. The van der Waals surface area contributed by atoms with Gasteiger partial charge in [-0.3, -0.25) is 9.67 Å². The van der Waals surface area contributed by atoms with E-state index in [-0.39, 0.29) is 11.4 Å². The van der Waals surface area contributed by atoms with Crippen molar-refractivity contribution in [2.45, 2.75) is 57.9 Å². The highest BCUT2D eigenvalue weighted by Crippen LogP contribution is 2.45. The largest absolute Gasteiger partial charge is 0.367 e. The third-order valence-electron chi connectivity index (χ3n) is 7.23. The number of ether oxygens (including phenoxy) is 1. The summed E-state index contributed by atoms with van der Waals surface area (Å²) < 4.78 is 24.0. The number of fused-ring (bicyclic) bond motifs is 2. The Labute approximate surface area is 213 Å². The SMILES string of the molecule is CC1(C)Cn2nc(-c3ccc(F)cn3)c(-c3cc(C4CC4)nc4c3cnn4Cc3ccccc3)c2CO1. The summed E-state index contributed by atoms with van der Waals surface area (Å²) in [5, 5.41) is 10.7. The highest BCUT2D eigenvalue weighted by Gasteiger charge is 2.34. The van der Waals surface area contributed by atoms with E-state index in [0.717, 1.165) is 52.1 Å². The minimum atomic E-state index is -0.372. The number of aromatic nitrogens is 6. The second-order valence-corrected chi connectivity index (χ2v) is 10.6. The normalized spacial score (nSPS) is 16.7. The van der Waals surface area contributed by atoms with Gasteiger partial charge in [-0.15, -0.1) is 0 Å². The van der Waals surface area contributed by atoms with Crippen LogP contribution in [0.1, 0.15) is 49.6 Å². The van der Waals surface area contributed by atoms with Gasteiger partial charge in [0, 0.05) is 28.1 Å². The van der Waals surface area contributed by atoms with Crippen LogP contribution < -0.4 is 0 Å². The molecule has 5 heterocycles. The van der Waals surface area contributed by atoms with Gasteiger partial charge in [0.25, 0.3) is 0 Å². The first kappa shape index (κ1) is 22.3. The van der Waals surface area contributed by atoms with Gasteiger partial charge in [-0.1, -0.05) is 30.3 Å². The van der Waals surface area contributed by atoms with Crippen LogP contribution in [-0.2, 0) is 24.4 Å². The molecule has 0 bridgehead atoms. The lowest BCUT2D eigenvalue weighted by atomic mass is 9.97. The fraction of sp³-hybridized carbons (Fsp3) is 0.310. The fourth-order valence-corrected chi connectivity index (χ4v) is 5.16. The van der Waals surface area contributed by atoms with Crippen LogP contribution in [0.5, 0.6) is 0 Å². The smallest absolute Gasteiger partial charge is 0.158 e. The lowest BCUT2D eigenvalue weighted by molar-refractivity contribution is -0.0657. The monoisotopic (exact) mass is 494 g/mol. The Kier molecular flexibility index (Phi) is 5.01. The Morgan fingerprint density at radius 1 is 1.08 bits per heavy atom. The van der Waals surface area contributed by atoms with Crippen LogP contribution in [0.4, 0.5) is 4.39 Å². The Bertz CT molecular complexity index is 1620. The zero-order valence-corrected chi connectivity index (χ0v) is 20.9. The number of pyridine rings is 2. The van der Waals surface area contributed by atoms with Gasteiger partial charge in [0.2, 0.25) is 0 Å². The van der Waals surface area contributed by atoms with Gasteiger partial charge < -0.3 is 4.74 Å². The van der Waals surface area contributed by atoms with Gasteiger partial charge in [-0.2, -0.15) is 10.2 Å². The first-order chi connectivity index (χ1) is 17.9. The lowest BCUT2D eigenvalue weighted by Crippen LogP contribution is -2.36. The van der Waals surface area contributed by atoms with E-state index < -0.39 is 0 Å². The summed E-state index contributed by atoms with van der Waals surface area (Å²) in [7, 11) is 0. The van der Waals surface area contributed by atoms with E-state index in [1.165, 1.54) is 17.8 Å². The molecule has 37 heavy (non-hydrogen) atoms. The Morgan fingerprint density at radius 2 is 1.92 bits per heavy atom. The van der Waals surface area contributed by atoms with Gasteiger partial charge in [0.05, 0.1) is 49.1 Å². The third kappa shape index (κ3) is 4.01. The van der Waals surface area contributed by atoms with E-state index in [2.05, 4.69) is 37.0 Å². The molecule has 8 heteroatoms. The second kappa shape index (κ2) is 8.31. The summed E-state index contributed by atoms with van der Waals surface area (Å²) in [6.45, 7) is 5.82. The molecule has 0 unspecified atom stereocenters. The van der Waals surface area contributed by atoms with Gasteiger partial charge in [-0.05, 0) is 50.5 Å². The lowest BCUT2D eigenvalue weighted by Gasteiger charge is -2.31. The zero-order chi connectivity index (χ0) is 25.1. The van der Waals surface area contributed by atoms with Crippen molar-refractivity contribution >= 4 is 11.0 Å². The maximum Gasteiger partial charge on any atom is 0.158 e. The molecule has 1 aromatic carbocycles. The van der Waals surface area contributed by atoms with Gasteiger partial charge >= 0.3 is 0 Å². The molecule has 4 aromatic heterocycles. The van der Waals surface area contributed by atoms with Crippen molar-refractivity contribution in [2.75, 3.05) is 0 Å². The van der Waals surface area contributed by atoms with E-state index in [1.807, 2.05) is 33.8 Å². The van der Waals surface area contributed by atoms with Gasteiger partial charge in [0.15, 0.2) is 5.65 Å². The van der Waals surface area contributed by atoms with Crippen molar-refractivity contribution in [1.82, 2.24) is 29.5 Å². The Balaban J connectivity index is 1.46. The number of nitrogens with zero attached hydrogens (tertiary/aromatic N) is 6. The van der Waals surface area contributed by atoms with Crippen LogP contribution in [0.2, 0.25) is 0 Å². The topological polar surface area (TPSA) is 70.7 Å². The van der Waals surface area contributed by atoms with Crippen molar-refractivity contribution in [3.63, 3.8) is 0 Å². The highest BCUT2D eigenvalue weighted by molar-refractivity contribution is 5.97. The average Bonchev–Trinajstić information content (AvgIpc) is 3.58. The fourth-order valence-electron chi connectivity index (χ4n) is 5.16. The van der Waals surface area contributed by atoms with Crippen LogP contribution in [-0.4, -0.2) is 35.1 Å². The first-order valence-electron chi connectivity index (χ1n) is 12.7. The number of hydrogen-bond donors (Lipinski definition) is 0. The summed E-state index contributed by atoms with van der Waals surface area (Å²) in [5.41, 5.74) is 7.10. The summed E-state index contributed by atoms with van der Waals surface area (Å²) in [4.78, 5) is 9.49. The standard InChI is InChI=1S/C29H27FN6O/c1-29(2)17-36-25(16-37-29)26(27(34-36)23-11-10-20(30)13-31-23)21-12-24(19-8-9-19)33-28-22(21)14-32-35(28)15-18-6-4-3-5-7-18/h3-7,10-14,19H,8-9,15-17H2,1-2H3. The number of hydrogen-bond acceptors (Lipinski definition) is 5. The molecule has 1 fully saturated rings. The van der Waals surface area contributed by atoms with Crippen LogP contribution in [0.3, 0.4) is 0 Å². The van der Waals surface area contributed by atoms with E-state index in [1.54, 1.807) is 6.07 Å². The van der Waals surface area contributed by atoms with Crippen LogP contribution >= 0.6 is 0 Å². The average molecular weight is 495 g/mol. The molecular formula is C29H27FN6O. The highest BCUT2D eigenvalue weighted by atomic mass is 19.1. The predicted molar refractivity (Wildman–Crippen MR) is 138 cm³/mol. The van der Waals surface area contributed by atoms with E-state index in [4.69, 9.17) is 19.9 Å². The minimum absolute atomic E-state index is 0.336. The minimum Gasteiger partial charge on any atom is -0.367 e. The molecule has 7 rings (SSSR count). The van der Waals surface area contributed by atoms with E-state index >= 15 is 0 Å². The predicted octanol–water partition coefficient (Wildman–Crippen LogP) is 5.73. The molecule has 0 N–H and O–H groups in total. The Morgan fingerprint density at radius 3 is 2.68 bits per heavy atom. The number of benzene rings is 1. The number of rotatable bonds is 5. The molecule has 1 aliphatic heterocycles. The van der Waals surface area contributed by atoms with E-state index in [0.29, 0.717) is 31.3 Å². The van der Waals surface area contributed by atoms with Crippen molar-refractivity contribution in [3.05, 3.63) is 83.7 Å². The molecule has 1 aliphatic carbocycles. The quantitative estimate of drug-likeness (QED) is 0.312. The molecule has 1 saturated carbocycles. The summed E-state index contributed by atoms with van der Waals surface area (Å²) >= 11 is 0. The van der Waals surface area contributed by atoms with Crippen LogP contribution in [0, 0.1) is 5.82 Å². The molecule has 186 valence electrons. The molecule has 5 aromatic rings. The van der Waals surface area contributed by atoms with Gasteiger partial charge in [0.1, 0.15) is 11.5 Å². The van der Waals surface area contributed by atoms with Crippen LogP contribution in [0.15, 0.2) is 60.9 Å². The van der Waals surface area contributed by atoms with Crippen LogP contribution in [0.25, 0.3) is 33.5 Å². The zero-order valence-electron chi connectivity index (χ0n) is 20.9. The van der Waals surface area contributed by atoms with Gasteiger partial charge in [-0.25, -0.2) is 14.1 Å². The third-order valence-corrected chi connectivity index (χ3v) is 7.23. The van der Waals surface area contributed by atoms with Crippen molar-refractivity contribution < 1.29 is 9.13 Å².